The number of carbonyl (C=O) groups excluding carboxylic acids is 1. The molecule has 17 heavy (non-hydrogen) atoms. The lowest BCUT2D eigenvalue weighted by atomic mass is 10.1. The standard InChI is InChI=1S/C12H18N4O/c1-8-7-16(6-5-13-8)12(17)11-9-3-2-4-10(9)14-15-11/h8,13H,2-7H2,1H3,(H,14,15). The first-order chi connectivity index (χ1) is 8.25. The van der Waals surface area contributed by atoms with Crippen molar-refractivity contribution >= 4 is 5.91 Å². The lowest BCUT2D eigenvalue weighted by Crippen LogP contribution is -2.51. The molecule has 1 aliphatic heterocycles. The molecule has 1 aromatic heterocycles. The van der Waals surface area contributed by atoms with Crippen LogP contribution in [0.3, 0.4) is 0 Å². The number of nitrogens with one attached hydrogen (secondary N) is 2. The third kappa shape index (κ3) is 1.84. The van der Waals surface area contributed by atoms with E-state index in [1.807, 2.05) is 4.90 Å². The van der Waals surface area contributed by atoms with Crippen molar-refractivity contribution in [1.82, 2.24) is 20.4 Å². The Bertz CT molecular complexity index is 440. The van der Waals surface area contributed by atoms with Crippen molar-refractivity contribution in [1.29, 1.82) is 0 Å². The van der Waals surface area contributed by atoms with Crippen molar-refractivity contribution in [3.05, 3.63) is 17.0 Å². The molecule has 0 radical (unpaired) electrons. The highest BCUT2D eigenvalue weighted by atomic mass is 16.2. The van der Waals surface area contributed by atoms with Crippen LogP contribution < -0.4 is 5.32 Å². The summed E-state index contributed by atoms with van der Waals surface area (Å²) in [5, 5.41) is 10.5. The van der Waals surface area contributed by atoms with E-state index in [1.54, 1.807) is 0 Å². The molecule has 0 saturated carbocycles. The van der Waals surface area contributed by atoms with E-state index in [9.17, 15) is 4.79 Å². The smallest absolute Gasteiger partial charge is 0.274 e. The Morgan fingerprint density at radius 3 is 3.18 bits per heavy atom. The molecule has 5 nitrogen and oxygen atoms in total. The van der Waals surface area contributed by atoms with Gasteiger partial charge < -0.3 is 10.2 Å². The van der Waals surface area contributed by atoms with Crippen LogP contribution in [0.4, 0.5) is 0 Å². The van der Waals surface area contributed by atoms with Crippen LogP contribution in [0.25, 0.3) is 0 Å². The number of carbonyl (C=O) groups is 1. The summed E-state index contributed by atoms with van der Waals surface area (Å²) < 4.78 is 0. The van der Waals surface area contributed by atoms with Crippen LogP contribution in [0, 0.1) is 0 Å². The molecule has 0 aromatic carbocycles. The van der Waals surface area contributed by atoms with E-state index in [-0.39, 0.29) is 5.91 Å². The Morgan fingerprint density at radius 1 is 1.47 bits per heavy atom. The van der Waals surface area contributed by atoms with Gasteiger partial charge in [0.25, 0.3) is 5.91 Å². The zero-order chi connectivity index (χ0) is 11.8. The molecular weight excluding hydrogens is 216 g/mol. The minimum atomic E-state index is 0.0951. The molecule has 3 rings (SSSR count). The van der Waals surface area contributed by atoms with E-state index in [2.05, 4.69) is 22.4 Å². The first-order valence-electron chi connectivity index (χ1n) is 6.34. The molecule has 0 spiro atoms. The lowest BCUT2D eigenvalue weighted by Gasteiger charge is -2.31. The fraction of sp³-hybridized carbons (Fsp3) is 0.667. The summed E-state index contributed by atoms with van der Waals surface area (Å²) in [5.74, 6) is 0.0951. The second-order valence-corrected chi connectivity index (χ2v) is 4.99. The summed E-state index contributed by atoms with van der Waals surface area (Å²) in [5.41, 5.74) is 2.98. The highest BCUT2D eigenvalue weighted by molar-refractivity contribution is 5.94. The number of aromatic nitrogens is 2. The lowest BCUT2D eigenvalue weighted by molar-refractivity contribution is 0.0702. The van der Waals surface area contributed by atoms with E-state index < -0.39 is 0 Å². The molecule has 1 saturated heterocycles. The first-order valence-corrected chi connectivity index (χ1v) is 6.34. The fourth-order valence-corrected chi connectivity index (χ4v) is 2.76. The second kappa shape index (κ2) is 4.14. The summed E-state index contributed by atoms with van der Waals surface area (Å²) in [7, 11) is 0. The van der Waals surface area contributed by atoms with Crippen molar-refractivity contribution in [3.8, 4) is 0 Å². The Kier molecular flexibility index (Phi) is 2.63. The Morgan fingerprint density at radius 2 is 2.35 bits per heavy atom. The number of amides is 1. The third-order valence-corrected chi connectivity index (χ3v) is 3.66. The van der Waals surface area contributed by atoms with E-state index in [0.717, 1.165) is 50.2 Å². The van der Waals surface area contributed by atoms with Crippen LogP contribution in [0.5, 0.6) is 0 Å². The minimum Gasteiger partial charge on any atom is -0.334 e. The molecule has 1 atom stereocenters. The zero-order valence-corrected chi connectivity index (χ0v) is 10.1. The largest absolute Gasteiger partial charge is 0.334 e. The monoisotopic (exact) mass is 234 g/mol. The number of fused-ring (bicyclic) bond motifs is 1. The van der Waals surface area contributed by atoms with Crippen molar-refractivity contribution in [2.75, 3.05) is 19.6 Å². The average molecular weight is 234 g/mol. The van der Waals surface area contributed by atoms with Gasteiger partial charge in [-0.05, 0) is 26.2 Å². The SMILES string of the molecule is CC1CN(C(=O)c2n[nH]c3c2CCC3)CCN1. The van der Waals surface area contributed by atoms with Crippen LogP contribution in [0.2, 0.25) is 0 Å². The number of H-pyrrole nitrogens is 1. The van der Waals surface area contributed by atoms with Crippen molar-refractivity contribution in [3.63, 3.8) is 0 Å². The molecule has 2 aliphatic rings. The summed E-state index contributed by atoms with van der Waals surface area (Å²) in [6, 6.07) is 0.375. The number of hydrogen-bond donors (Lipinski definition) is 2. The molecule has 2 heterocycles. The van der Waals surface area contributed by atoms with Crippen LogP contribution in [-0.4, -0.2) is 46.7 Å². The Hall–Kier alpha value is -1.36. The maximum Gasteiger partial charge on any atom is 0.274 e. The van der Waals surface area contributed by atoms with Crippen molar-refractivity contribution in [2.24, 2.45) is 0 Å². The predicted octanol–water partition coefficient (Wildman–Crippen LogP) is 0.332. The first kappa shape index (κ1) is 10.8. The number of nitrogens with zero attached hydrogens (tertiary/aromatic N) is 2. The zero-order valence-electron chi connectivity index (χ0n) is 10.1. The number of rotatable bonds is 1. The molecule has 1 fully saturated rings. The maximum atomic E-state index is 12.4. The minimum absolute atomic E-state index is 0.0951. The van der Waals surface area contributed by atoms with Gasteiger partial charge in [-0.15, -0.1) is 0 Å². The normalized spacial score (nSPS) is 23.8. The van der Waals surface area contributed by atoms with Gasteiger partial charge in [-0.2, -0.15) is 5.10 Å². The van der Waals surface area contributed by atoms with Gasteiger partial charge in [0.15, 0.2) is 5.69 Å². The van der Waals surface area contributed by atoms with E-state index >= 15 is 0 Å². The number of aromatic amines is 1. The van der Waals surface area contributed by atoms with Gasteiger partial charge in [0.2, 0.25) is 0 Å². The van der Waals surface area contributed by atoms with Gasteiger partial charge in [0.05, 0.1) is 0 Å². The van der Waals surface area contributed by atoms with Gasteiger partial charge in [-0.3, -0.25) is 9.89 Å². The predicted molar refractivity (Wildman–Crippen MR) is 64.0 cm³/mol. The summed E-state index contributed by atoms with van der Waals surface area (Å²) >= 11 is 0. The van der Waals surface area contributed by atoms with Crippen molar-refractivity contribution < 1.29 is 4.79 Å². The summed E-state index contributed by atoms with van der Waals surface area (Å²) in [6.07, 6.45) is 3.17. The van der Waals surface area contributed by atoms with Crippen LogP contribution >= 0.6 is 0 Å². The molecule has 92 valence electrons. The maximum absolute atomic E-state index is 12.4. The molecule has 5 heteroatoms. The van der Waals surface area contributed by atoms with Gasteiger partial charge >= 0.3 is 0 Å². The van der Waals surface area contributed by atoms with E-state index in [4.69, 9.17) is 0 Å². The topological polar surface area (TPSA) is 61.0 Å². The second-order valence-electron chi connectivity index (χ2n) is 4.99. The third-order valence-electron chi connectivity index (χ3n) is 3.66. The van der Waals surface area contributed by atoms with Crippen molar-refractivity contribution in [2.45, 2.75) is 32.2 Å². The summed E-state index contributed by atoms with van der Waals surface area (Å²) in [6.45, 7) is 4.54. The van der Waals surface area contributed by atoms with E-state index in [0.29, 0.717) is 11.7 Å². The van der Waals surface area contributed by atoms with Crippen LogP contribution in [0.1, 0.15) is 35.1 Å². The summed E-state index contributed by atoms with van der Waals surface area (Å²) in [4.78, 5) is 14.3. The van der Waals surface area contributed by atoms with Gasteiger partial charge in [-0.1, -0.05) is 0 Å². The number of piperazine rings is 1. The van der Waals surface area contributed by atoms with E-state index in [1.165, 1.54) is 0 Å². The average Bonchev–Trinajstić information content (AvgIpc) is 2.89. The van der Waals surface area contributed by atoms with Gasteiger partial charge in [0, 0.05) is 36.9 Å². The molecule has 2 N–H and O–H groups in total. The number of aryl methyl sites for hydroxylation is 1. The number of hydrogen-bond acceptors (Lipinski definition) is 3. The highest BCUT2D eigenvalue weighted by Crippen LogP contribution is 2.23. The molecule has 1 aliphatic carbocycles. The molecule has 1 aromatic rings. The molecule has 0 bridgehead atoms. The molecule has 1 unspecified atom stereocenters. The van der Waals surface area contributed by atoms with Gasteiger partial charge in [-0.25, -0.2) is 0 Å². The highest BCUT2D eigenvalue weighted by Gasteiger charge is 2.28. The molecule has 1 amide bonds. The Labute approximate surface area is 101 Å². The fourth-order valence-electron chi connectivity index (χ4n) is 2.76. The quantitative estimate of drug-likeness (QED) is 0.736. The Balaban J connectivity index is 1.81. The van der Waals surface area contributed by atoms with Gasteiger partial charge in [0.1, 0.15) is 0 Å². The van der Waals surface area contributed by atoms with Crippen LogP contribution in [-0.2, 0) is 12.8 Å². The molecular formula is C12H18N4O. The van der Waals surface area contributed by atoms with Crippen LogP contribution in [0.15, 0.2) is 0 Å².